The van der Waals surface area contributed by atoms with Crippen LogP contribution in [-0.4, -0.2) is 39.6 Å². The van der Waals surface area contributed by atoms with E-state index in [2.05, 4.69) is 0 Å². The number of likely N-dealkylation sites (tertiary alicyclic amines) is 1. The van der Waals surface area contributed by atoms with Gasteiger partial charge in [0.25, 0.3) is 5.69 Å². The normalized spacial score (nSPS) is 28.0. The molecule has 7 heteroatoms. The van der Waals surface area contributed by atoms with Crippen molar-refractivity contribution in [3.8, 4) is 5.75 Å². The lowest BCUT2D eigenvalue weighted by atomic mass is 9.96. The Labute approximate surface area is 127 Å². The van der Waals surface area contributed by atoms with E-state index in [1.54, 1.807) is 11.0 Å². The Balaban J connectivity index is 2.10. The monoisotopic (exact) mass is 306 g/mol. The highest BCUT2D eigenvalue weighted by Crippen LogP contribution is 2.41. The molecule has 0 bridgehead atoms. The number of nitro groups is 1. The summed E-state index contributed by atoms with van der Waals surface area (Å²) in [7, 11) is 0. The zero-order chi connectivity index (χ0) is 15.9. The number of rotatable bonds is 2. The summed E-state index contributed by atoms with van der Waals surface area (Å²) in [5.41, 5.74) is 0.446. The summed E-state index contributed by atoms with van der Waals surface area (Å²) in [5, 5.41) is 21.5. The van der Waals surface area contributed by atoms with Crippen molar-refractivity contribution in [2.24, 2.45) is 0 Å². The molecule has 0 unspecified atom stereocenters. The molecule has 0 spiro atoms. The second-order valence-corrected chi connectivity index (χ2v) is 5.82. The van der Waals surface area contributed by atoms with Gasteiger partial charge in [-0.2, -0.15) is 0 Å². The van der Waals surface area contributed by atoms with E-state index < -0.39 is 17.1 Å². The van der Waals surface area contributed by atoms with Crippen molar-refractivity contribution in [1.82, 2.24) is 4.90 Å². The predicted octanol–water partition coefficient (Wildman–Crippen LogP) is 1.79. The Hall–Kier alpha value is -2.15. The molecule has 1 saturated heterocycles. The van der Waals surface area contributed by atoms with Crippen LogP contribution in [0.25, 0.3) is 0 Å². The zero-order valence-electron chi connectivity index (χ0n) is 12.3. The molecular formula is C15H18N2O5. The van der Waals surface area contributed by atoms with Gasteiger partial charge in [-0.1, -0.05) is 0 Å². The Bertz CT molecular complexity index is 618. The third-order valence-corrected chi connectivity index (χ3v) is 4.40. The standard InChI is InChI=1S/C15H18N2O5/c1-9-2-5-14(19)16(9)15-11-8-10(17(20)21)3-4-13(11)22-7-6-12(15)18/h3-4,8-9,12,15,18H,2,5-7H2,1H3/t9-,12+,15+/m1/s1. The second kappa shape index (κ2) is 5.57. The third-order valence-electron chi connectivity index (χ3n) is 4.40. The summed E-state index contributed by atoms with van der Waals surface area (Å²) in [5.74, 6) is 0.468. The van der Waals surface area contributed by atoms with E-state index in [1.165, 1.54) is 12.1 Å². The van der Waals surface area contributed by atoms with Crippen molar-refractivity contribution in [3.05, 3.63) is 33.9 Å². The number of nitro benzene ring substituents is 1. The number of carbonyl (C=O) groups is 1. The maximum absolute atomic E-state index is 12.2. The number of aliphatic hydroxyl groups excluding tert-OH is 1. The van der Waals surface area contributed by atoms with Crippen LogP contribution < -0.4 is 4.74 Å². The molecule has 0 radical (unpaired) electrons. The lowest BCUT2D eigenvalue weighted by molar-refractivity contribution is -0.385. The summed E-state index contributed by atoms with van der Waals surface area (Å²) in [4.78, 5) is 24.4. The SMILES string of the molecule is C[C@@H]1CCC(=O)N1[C@H]1c2cc([N+](=O)[O-])ccc2OCC[C@@H]1O. The third kappa shape index (κ3) is 2.41. The van der Waals surface area contributed by atoms with Crippen LogP contribution in [0.15, 0.2) is 18.2 Å². The lowest BCUT2D eigenvalue weighted by Gasteiger charge is -2.34. The van der Waals surface area contributed by atoms with Gasteiger partial charge in [-0.25, -0.2) is 0 Å². The van der Waals surface area contributed by atoms with Gasteiger partial charge in [0, 0.05) is 36.6 Å². The number of benzene rings is 1. The van der Waals surface area contributed by atoms with Crippen LogP contribution in [0.3, 0.4) is 0 Å². The number of amides is 1. The van der Waals surface area contributed by atoms with Gasteiger partial charge < -0.3 is 14.7 Å². The molecule has 1 amide bonds. The number of carbonyl (C=O) groups excluding carboxylic acids is 1. The smallest absolute Gasteiger partial charge is 0.270 e. The fourth-order valence-electron chi connectivity index (χ4n) is 3.28. The molecular weight excluding hydrogens is 288 g/mol. The Morgan fingerprint density at radius 3 is 2.82 bits per heavy atom. The zero-order valence-corrected chi connectivity index (χ0v) is 12.3. The minimum absolute atomic E-state index is 0.00244. The Morgan fingerprint density at radius 2 is 2.18 bits per heavy atom. The Morgan fingerprint density at radius 1 is 1.41 bits per heavy atom. The molecule has 1 fully saturated rings. The molecule has 118 valence electrons. The first-order chi connectivity index (χ1) is 10.5. The molecule has 1 N–H and O–H groups in total. The van der Waals surface area contributed by atoms with Crippen molar-refractivity contribution < 1.29 is 19.6 Å². The number of aliphatic hydroxyl groups is 1. The highest BCUT2D eigenvalue weighted by molar-refractivity contribution is 5.79. The summed E-state index contributed by atoms with van der Waals surface area (Å²) < 4.78 is 5.59. The summed E-state index contributed by atoms with van der Waals surface area (Å²) in [6, 6.07) is 3.74. The van der Waals surface area contributed by atoms with Crippen molar-refractivity contribution >= 4 is 11.6 Å². The van der Waals surface area contributed by atoms with Crippen LogP contribution in [0.2, 0.25) is 0 Å². The average Bonchev–Trinajstić information content (AvgIpc) is 2.71. The van der Waals surface area contributed by atoms with Gasteiger partial charge in [-0.05, 0) is 19.4 Å². The highest BCUT2D eigenvalue weighted by atomic mass is 16.6. The topological polar surface area (TPSA) is 92.9 Å². The van der Waals surface area contributed by atoms with Gasteiger partial charge in [0.1, 0.15) is 5.75 Å². The molecule has 1 aromatic carbocycles. The van der Waals surface area contributed by atoms with Crippen LogP contribution in [0.1, 0.15) is 37.8 Å². The van der Waals surface area contributed by atoms with Gasteiger partial charge in [-0.3, -0.25) is 14.9 Å². The van der Waals surface area contributed by atoms with Crippen molar-refractivity contribution in [1.29, 1.82) is 0 Å². The quantitative estimate of drug-likeness (QED) is 0.664. The summed E-state index contributed by atoms with van der Waals surface area (Å²) in [6.07, 6.45) is 0.750. The maximum atomic E-state index is 12.2. The van der Waals surface area contributed by atoms with Crippen LogP contribution in [0.4, 0.5) is 5.69 Å². The first-order valence-electron chi connectivity index (χ1n) is 7.39. The van der Waals surface area contributed by atoms with Crippen molar-refractivity contribution in [3.63, 3.8) is 0 Å². The van der Waals surface area contributed by atoms with Crippen molar-refractivity contribution in [2.45, 2.75) is 44.4 Å². The number of hydrogen-bond acceptors (Lipinski definition) is 5. The van der Waals surface area contributed by atoms with Crippen LogP contribution >= 0.6 is 0 Å². The number of fused-ring (bicyclic) bond motifs is 1. The number of hydrogen-bond donors (Lipinski definition) is 1. The average molecular weight is 306 g/mol. The molecule has 0 aliphatic carbocycles. The number of non-ortho nitro benzene ring substituents is 1. The van der Waals surface area contributed by atoms with Gasteiger partial charge in [0.2, 0.25) is 5.91 Å². The van der Waals surface area contributed by atoms with E-state index in [0.29, 0.717) is 30.8 Å². The predicted molar refractivity (Wildman–Crippen MR) is 77.5 cm³/mol. The second-order valence-electron chi connectivity index (χ2n) is 5.82. The van der Waals surface area contributed by atoms with Gasteiger partial charge in [0.15, 0.2) is 0 Å². The molecule has 1 aromatic rings. The molecule has 22 heavy (non-hydrogen) atoms. The van der Waals surface area contributed by atoms with Gasteiger partial charge in [0.05, 0.1) is 23.7 Å². The molecule has 0 saturated carbocycles. The van der Waals surface area contributed by atoms with Crippen LogP contribution in [0, 0.1) is 10.1 Å². The van der Waals surface area contributed by atoms with Crippen LogP contribution in [0.5, 0.6) is 5.75 Å². The van der Waals surface area contributed by atoms with Crippen molar-refractivity contribution in [2.75, 3.05) is 6.61 Å². The van der Waals surface area contributed by atoms with Gasteiger partial charge >= 0.3 is 0 Å². The first kappa shape index (κ1) is 14.8. The largest absolute Gasteiger partial charge is 0.493 e. The van der Waals surface area contributed by atoms with Gasteiger partial charge in [-0.15, -0.1) is 0 Å². The minimum Gasteiger partial charge on any atom is -0.493 e. The van der Waals surface area contributed by atoms with E-state index in [0.717, 1.165) is 6.42 Å². The number of nitrogens with zero attached hydrogens (tertiary/aromatic N) is 2. The summed E-state index contributed by atoms with van der Waals surface area (Å²) >= 11 is 0. The molecule has 3 rings (SSSR count). The fraction of sp³-hybridized carbons (Fsp3) is 0.533. The minimum atomic E-state index is -0.798. The highest BCUT2D eigenvalue weighted by Gasteiger charge is 2.41. The van der Waals surface area contributed by atoms with E-state index in [-0.39, 0.29) is 17.6 Å². The van der Waals surface area contributed by atoms with Crippen LogP contribution in [-0.2, 0) is 4.79 Å². The maximum Gasteiger partial charge on any atom is 0.270 e. The molecule has 2 heterocycles. The van der Waals surface area contributed by atoms with E-state index in [1.807, 2.05) is 6.92 Å². The van der Waals surface area contributed by atoms with E-state index >= 15 is 0 Å². The lowest BCUT2D eigenvalue weighted by Crippen LogP contribution is -2.41. The number of ether oxygens (including phenoxy) is 1. The van der Waals surface area contributed by atoms with E-state index in [9.17, 15) is 20.0 Å². The Kier molecular flexibility index (Phi) is 3.74. The summed E-state index contributed by atoms with van der Waals surface area (Å²) in [6.45, 7) is 2.25. The van der Waals surface area contributed by atoms with E-state index in [4.69, 9.17) is 4.74 Å². The molecule has 3 atom stereocenters. The molecule has 7 nitrogen and oxygen atoms in total. The molecule has 2 aliphatic rings. The molecule has 2 aliphatic heterocycles. The fourth-order valence-corrected chi connectivity index (χ4v) is 3.28. The first-order valence-corrected chi connectivity index (χ1v) is 7.39. The molecule has 0 aromatic heterocycles.